The molecule has 0 aromatic heterocycles. The second-order valence-electron chi connectivity index (χ2n) is 6.30. The van der Waals surface area contributed by atoms with Gasteiger partial charge in [0.15, 0.2) is 0 Å². The molecule has 0 bridgehead atoms. The Morgan fingerprint density at radius 3 is 2.69 bits per heavy atom. The molecule has 0 spiro atoms. The normalized spacial score (nSPS) is 24.3. The highest BCUT2D eigenvalue weighted by Crippen LogP contribution is 2.43. The lowest BCUT2D eigenvalue weighted by Gasteiger charge is -2.42. The Hall–Kier alpha value is -2.74. The van der Waals surface area contributed by atoms with E-state index in [2.05, 4.69) is 5.32 Å². The summed E-state index contributed by atoms with van der Waals surface area (Å²) in [6.45, 7) is 0.0571. The number of ether oxygens (including phenoxy) is 2. The zero-order chi connectivity index (χ0) is 18.5. The third-order valence-corrected chi connectivity index (χ3v) is 4.58. The summed E-state index contributed by atoms with van der Waals surface area (Å²) in [6.07, 6.45) is -7.28. The van der Waals surface area contributed by atoms with Crippen molar-refractivity contribution in [3.63, 3.8) is 0 Å². The van der Waals surface area contributed by atoms with E-state index in [0.717, 1.165) is 0 Å². The Balaban J connectivity index is 1.68. The van der Waals surface area contributed by atoms with Gasteiger partial charge in [0.2, 0.25) is 11.8 Å². The number of hydrogen-bond acceptors (Lipinski definition) is 5. The fourth-order valence-corrected chi connectivity index (χ4v) is 3.14. The van der Waals surface area contributed by atoms with Gasteiger partial charge in [-0.05, 0) is 29.8 Å². The minimum Gasteiger partial charge on any atom is -0.467 e. The predicted octanol–water partition coefficient (Wildman–Crippen LogP) is 3.02. The Bertz CT molecular complexity index is 883. The molecule has 2 N–H and O–H groups in total. The highest BCUT2D eigenvalue weighted by molar-refractivity contribution is 5.93. The van der Waals surface area contributed by atoms with Crippen molar-refractivity contribution in [2.45, 2.75) is 31.0 Å². The molecule has 5 nitrogen and oxygen atoms in total. The maximum atomic E-state index is 13.6. The van der Waals surface area contributed by atoms with Crippen LogP contribution in [0.3, 0.4) is 0 Å². The van der Waals surface area contributed by atoms with Crippen LogP contribution in [0.5, 0.6) is 5.75 Å². The minimum absolute atomic E-state index is 0.0571. The average Bonchev–Trinajstić information content (AvgIpc) is 2.95. The number of anilines is 1. The van der Waals surface area contributed by atoms with Crippen LogP contribution in [-0.4, -0.2) is 29.1 Å². The van der Waals surface area contributed by atoms with Crippen molar-refractivity contribution in [3.8, 4) is 5.75 Å². The first-order valence-corrected chi connectivity index (χ1v) is 7.88. The molecule has 26 heavy (non-hydrogen) atoms. The molecular weight excluding hydrogens is 351 g/mol. The number of alkyl halides is 3. The van der Waals surface area contributed by atoms with Gasteiger partial charge < -0.3 is 19.9 Å². The second kappa shape index (κ2) is 5.63. The lowest BCUT2D eigenvalue weighted by atomic mass is 9.88. The zero-order valence-electron chi connectivity index (χ0n) is 13.3. The number of esters is 1. The van der Waals surface area contributed by atoms with Gasteiger partial charge in [-0.15, -0.1) is 0 Å². The number of fused-ring (bicyclic) bond motifs is 2. The topological polar surface area (TPSA) is 67.8 Å². The highest BCUT2D eigenvalue weighted by atomic mass is 19.4. The fourth-order valence-electron chi connectivity index (χ4n) is 3.14. The van der Waals surface area contributed by atoms with Crippen LogP contribution in [0.2, 0.25) is 0 Å². The Kier molecular flexibility index (Phi) is 3.62. The molecule has 0 saturated heterocycles. The van der Waals surface area contributed by atoms with Gasteiger partial charge >= 0.3 is 12.1 Å². The first-order valence-electron chi connectivity index (χ1n) is 7.88. The summed E-state index contributed by atoms with van der Waals surface area (Å²) in [5, 5.41) is 13.0. The zero-order valence-corrected chi connectivity index (χ0v) is 13.3. The third kappa shape index (κ3) is 2.57. The van der Waals surface area contributed by atoms with E-state index in [4.69, 9.17) is 9.47 Å². The van der Waals surface area contributed by atoms with Gasteiger partial charge in [0, 0.05) is 17.7 Å². The maximum Gasteiger partial charge on any atom is 0.423 e. The monoisotopic (exact) mass is 365 g/mol. The molecule has 2 aromatic rings. The number of carbonyl (C=O) groups is 1. The molecule has 4 rings (SSSR count). The second-order valence-corrected chi connectivity index (χ2v) is 6.30. The van der Waals surface area contributed by atoms with Crippen LogP contribution >= 0.6 is 0 Å². The molecule has 2 aromatic carbocycles. The van der Waals surface area contributed by atoms with Gasteiger partial charge in [0.25, 0.3) is 0 Å². The van der Waals surface area contributed by atoms with Crippen molar-refractivity contribution < 1.29 is 32.5 Å². The summed E-state index contributed by atoms with van der Waals surface area (Å²) in [5.41, 5.74) is -1.61. The van der Waals surface area contributed by atoms with Gasteiger partial charge in [-0.1, -0.05) is 18.2 Å². The molecule has 0 amide bonds. The molecule has 2 unspecified atom stereocenters. The largest absolute Gasteiger partial charge is 0.467 e. The smallest absolute Gasteiger partial charge is 0.423 e. The molecule has 8 heteroatoms. The third-order valence-electron chi connectivity index (χ3n) is 4.58. The van der Waals surface area contributed by atoms with E-state index in [1.807, 2.05) is 0 Å². The number of rotatable bonds is 2. The number of halogens is 3. The molecule has 0 fully saturated rings. The molecule has 2 atom stereocenters. The maximum absolute atomic E-state index is 13.6. The first-order chi connectivity index (χ1) is 12.3. The number of hydrogen-bond donors (Lipinski definition) is 2. The number of benzene rings is 2. The van der Waals surface area contributed by atoms with Gasteiger partial charge in [0.1, 0.15) is 12.4 Å². The predicted molar refractivity (Wildman–Crippen MR) is 84.8 cm³/mol. The molecule has 2 aliphatic rings. The SMILES string of the molecule is O=C1OCc2cc(NC3Oc4ccccc4CC3(O)C(F)(F)F)ccc21. The summed E-state index contributed by atoms with van der Waals surface area (Å²) < 4.78 is 51.1. The molecule has 0 saturated carbocycles. The molecule has 136 valence electrons. The van der Waals surface area contributed by atoms with Crippen molar-refractivity contribution in [2.75, 3.05) is 5.32 Å². The summed E-state index contributed by atoms with van der Waals surface area (Å²) in [7, 11) is 0. The molecule has 0 radical (unpaired) electrons. The average molecular weight is 365 g/mol. The molecular formula is C18H14F3NO4. The van der Waals surface area contributed by atoms with E-state index in [9.17, 15) is 23.1 Å². The number of carbonyl (C=O) groups excluding carboxylic acids is 1. The quantitative estimate of drug-likeness (QED) is 0.801. The Morgan fingerprint density at radius 2 is 1.92 bits per heavy atom. The molecule has 0 aliphatic carbocycles. The van der Waals surface area contributed by atoms with Crippen LogP contribution in [0.1, 0.15) is 21.5 Å². The van der Waals surface area contributed by atoms with E-state index in [1.165, 1.54) is 24.3 Å². The van der Waals surface area contributed by atoms with E-state index < -0.39 is 30.4 Å². The lowest BCUT2D eigenvalue weighted by Crippen LogP contribution is -2.63. The number of cyclic esters (lactones) is 1. The number of para-hydroxylation sites is 1. The van der Waals surface area contributed by atoms with Gasteiger partial charge in [-0.25, -0.2) is 4.79 Å². The number of aliphatic hydroxyl groups is 1. The van der Waals surface area contributed by atoms with E-state index in [-0.39, 0.29) is 23.6 Å². The fraction of sp³-hybridized carbons (Fsp3) is 0.278. The van der Waals surface area contributed by atoms with Crippen molar-refractivity contribution in [2.24, 2.45) is 0 Å². The van der Waals surface area contributed by atoms with Crippen LogP contribution < -0.4 is 10.1 Å². The first kappa shape index (κ1) is 16.7. The van der Waals surface area contributed by atoms with Crippen LogP contribution in [0.15, 0.2) is 42.5 Å². The summed E-state index contributed by atoms with van der Waals surface area (Å²) >= 11 is 0. The minimum atomic E-state index is -4.91. The van der Waals surface area contributed by atoms with E-state index in [0.29, 0.717) is 11.1 Å². The molecule has 2 aliphatic heterocycles. The van der Waals surface area contributed by atoms with Crippen molar-refractivity contribution in [3.05, 3.63) is 59.2 Å². The van der Waals surface area contributed by atoms with Crippen LogP contribution in [0, 0.1) is 0 Å². The summed E-state index contributed by atoms with van der Waals surface area (Å²) in [5.74, 6) is -0.195. The van der Waals surface area contributed by atoms with Crippen molar-refractivity contribution in [1.29, 1.82) is 0 Å². The van der Waals surface area contributed by atoms with E-state index >= 15 is 0 Å². The van der Waals surface area contributed by atoms with Crippen LogP contribution in [-0.2, 0) is 17.8 Å². The Labute approximate surface area is 146 Å². The Morgan fingerprint density at radius 1 is 1.15 bits per heavy atom. The summed E-state index contributed by atoms with van der Waals surface area (Å²) in [6, 6.07) is 10.7. The summed E-state index contributed by atoms with van der Waals surface area (Å²) in [4.78, 5) is 11.5. The van der Waals surface area contributed by atoms with E-state index in [1.54, 1.807) is 18.2 Å². The van der Waals surface area contributed by atoms with Gasteiger partial charge in [0.05, 0.1) is 5.56 Å². The van der Waals surface area contributed by atoms with Gasteiger partial charge in [-0.2, -0.15) is 13.2 Å². The molecule has 2 heterocycles. The van der Waals surface area contributed by atoms with Crippen molar-refractivity contribution >= 4 is 11.7 Å². The highest BCUT2D eigenvalue weighted by Gasteiger charge is 2.62. The van der Waals surface area contributed by atoms with Crippen LogP contribution in [0.25, 0.3) is 0 Å². The standard InChI is InChI=1S/C18H14F3NO4/c19-18(20,21)17(24)8-10-3-1-2-4-14(10)26-16(17)22-12-5-6-13-11(7-12)9-25-15(13)23/h1-7,16,22,24H,8-9H2. The number of nitrogens with one attached hydrogen (secondary N) is 1. The van der Waals surface area contributed by atoms with Gasteiger partial charge in [-0.3, -0.25) is 0 Å². The van der Waals surface area contributed by atoms with Crippen molar-refractivity contribution in [1.82, 2.24) is 0 Å². The van der Waals surface area contributed by atoms with Crippen LogP contribution in [0.4, 0.5) is 18.9 Å². The lowest BCUT2D eigenvalue weighted by molar-refractivity contribution is -0.285.